The summed E-state index contributed by atoms with van der Waals surface area (Å²) in [6.07, 6.45) is 0. The molecule has 0 bridgehead atoms. The van der Waals surface area contributed by atoms with Crippen LogP contribution in [-0.4, -0.2) is 9.97 Å². The van der Waals surface area contributed by atoms with E-state index in [0.717, 1.165) is 0 Å². The Hall–Kier alpha value is -2.61. The molecule has 0 aliphatic carbocycles. The fraction of sp³-hybridized carbons (Fsp3) is 0.214. The summed E-state index contributed by atoms with van der Waals surface area (Å²) in [7, 11) is 0. The van der Waals surface area contributed by atoms with Crippen LogP contribution in [0.4, 0.5) is 5.82 Å². The van der Waals surface area contributed by atoms with Crippen molar-refractivity contribution >= 4 is 5.82 Å². The third-order valence-corrected chi connectivity index (χ3v) is 2.46. The van der Waals surface area contributed by atoms with Gasteiger partial charge >= 0.3 is 0 Å². The molecule has 5 heteroatoms. The molecular formula is C14H14N4O. The van der Waals surface area contributed by atoms with Gasteiger partial charge < -0.3 is 10.5 Å². The standard InChI is InChI=1S/C14H14N4O/c1-9(2)14-17-12(16)7-13(18-14)19-11-5-3-10(8-15)4-6-11/h3-7,9H,1-2H3,(H2,16,17,18). The number of hydrogen-bond acceptors (Lipinski definition) is 5. The summed E-state index contributed by atoms with van der Waals surface area (Å²) in [5.74, 6) is 2.20. The lowest BCUT2D eigenvalue weighted by Crippen LogP contribution is -2.02. The highest BCUT2D eigenvalue weighted by molar-refractivity contribution is 5.38. The van der Waals surface area contributed by atoms with E-state index in [1.807, 2.05) is 13.8 Å². The Labute approximate surface area is 111 Å². The number of nitriles is 1. The van der Waals surface area contributed by atoms with Crippen LogP contribution < -0.4 is 10.5 Å². The lowest BCUT2D eigenvalue weighted by Gasteiger charge is -2.09. The maximum Gasteiger partial charge on any atom is 0.224 e. The second-order valence-electron chi connectivity index (χ2n) is 4.38. The molecule has 96 valence electrons. The minimum Gasteiger partial charge on any atom is -0.439 e. The van der Waals surface area contributed by atoms with Crippen LogP contribution >= 0.6 is 0 Å². The molecule has 0 unspecified atom stereocenters. The fourth-order valence-electron chi connectivity index (χ4n) is 1.49. The van der Waals surface area contributed by atoms with Crippen molar-refractivity contribution in [2.24, 2.45) is 0 Å². The van der Waals surface area contributed by atoms with Crippen molar-refractivity contribution in [2.75, 3.05) is 5.73 Å². The van der Waals surface area contributed by atoms with Crippen molar-refractivity contribution in [1.82, 2.24) is 9.97 Å². The molecule has 1 aromatic carbocycles. The number of anilines is 1. The summed E-state index contributed by atoms with van der Waals surface area (Å²) in [5, 5.41) is 8.72. The molecule has 0 saturated heterocycles. The second kappa shape index (κ2) is 5.36. The SMILES string of the molecule is CC(C)c1nc(N)cc(Oc2ccc(C#N)cc2)n1. The molecular weight excluding hydrogens is 240 g/mol. The molecule has 19 heavy (non-hydrogen) atoms. The van der Waals surface area contributed by atoms with E-state index in [1.165, 1.54) is 0 Å². The normalized spacial score (nSPS) is 10.2. The number of rotatable bonds is 3. The van der Waals surface area contributed by atoms with Crippen LogP contribution in [0.1, 0.15) is 31.2 Å². The highest BCUT2D eigenvalue weighted by atomic mass is 16.5. The maximum atomic E-state index is 8.72. The largest absolute Gasteiger partial charge is 0.439 e. The lowest BCUT2D eigenvalue weighted by atomic mass is 10.2. The summed E-state index contributed by atoms with van der Waals surface area (Å²) in [4.78, 5) is 8.44. The molecule has 1 heterocycles. The van der Waals surface area contributed by atoms with Gasteiger partial charge in [0.1, 0.15) is 17.4 Å². The number of nitrogen functional groups attached to an aromatic ring is 1. The topological polar surface area (TPSA) is 84.8 Å². The van der Waals surface area contributed by atoms with Crippen LogP contribution in [-0.2, 0) is 0 Å². The van der Waals surface area contributed by atoms with Crippen molar-refractivity contribution in [2.45, 2.75) is 19.8 Å². The first-order valence-electron chi connectivity index (χ1n) is 5.91. The molecule has 0 atom stereocenters. The van der Waals surface area contributed by atoms with E-state index in [4.69, 9.17) is 15.7 Å². The molecule has 0 fully saturated rings. The van der Waals surface area contributed by atoms with Gasteiger partial charge in [-0.25, -0.2) is 4.98 Å². The monoisotopic (exact) mass is 254 g/mol. The second-order valence-corrected chi connectivity index (χ2v) is 4.38. The van der Waals surface area contributed by atoms with Crippen LogP contribution in [0.25, 0.3) is 0 Å². The van der Waals surface area contributed by atoms with Crippen LogP contribution in [0.15, 0.2) is 30.3 Å². The van der Waals surface area contributed by atoms with E-state index in [1.54, 1.807) is 30.3 Å². The van der Waals surface area contributed by atoms with Gasteiger partial charge in [0.25, 0.3) is 0 Å². The van der Waals surface area contributed by atoms with Crippen LogP contribution in [0.5, 0.6) is 11.6 Å². The predicted octanol–water partition coefficient (Wildman–Crippen LogP) is 2.85. The first kappa shape index (κ1) is 12.8. The van der Waals surface area contributed by atoms with Crippen LogP contribution in [0.2, 0.25) is 0 Å². The summed E-state index contributed by atoms with van der Waals surface area (Å²) in [6, 6.07) is 10.4. The molecule has 0 spiro atoms. The van der Waals surface area contributed by atoms with E-state index < -0.39 is 0 Å². The molecule has 0 amide bonds. The average molecular weight is 254 g/mol. The zero-order chi connectivity index (χ0) is 13.8. The minimum absolute atomic E-state index is 0.173. The Morgan fingerprint density at radius 2 is 1.89 bits per heavy atom. The smallest absolute Gasteiger partial charge is 0.224 e. The molecule has 1 aromatic heterocycles. The number of hydrogen-bond donors (Lipinski definition) is 1. The molecule has 5 nitrogen and oxygen atoms in total. The Morgan fingerprint density at radius 1 is 1.21 bits per heavy atom. The number of benzene rings is 1. The Bertz CT molecular complexity index is 614. The number of nitrogens with two attached hydrogens (primary N) is 1. The van der Waals surface area contributed by atoms with E-state index in [9.17, 15) is 0 Å². The highest BCUT2D eigenvalue weighted by Gasteiger charge is 2.08. The number of aromatic nitrogens is 2. The van der Waals surface area contributed by atoms with Crippen LogP contribution in [0.3, 0.4) is 0 Å². The Morgan fingerprint density at radius 3 is 2.47 bits per heavy atom. The van der Waals surface area contributed by atoms with Gasteiger partial charge in [-0.15, -0.1) is 0 Å². The van der Waals surface area contributed by atoms with Gasteiger partial charge in [0, 0.05) is 12.0 Å². The molecule has 0 saturated carbocycles. The zero-order valence-corrected chi connectivity index (χ0v) is 10.8. The fourth-order valence-corrected chi connectivity index (χ4v) is 1.49. The van der Waals surface area contributed by atoms with Crippen molar-refractivity contribution in [1.29, 1.82) is 5.26 Å². The van der Waals surface area contributed by atoms with E-state index in [2.05, 4.69) is 16.0 Å². The maximum absolute atomic E-state index is 8.72. The van der Waals surface area contributed by atoms with Gasteiger partial charge in [-0.2, -0.15) is 10.2 Å². The third-order valence-electron chi connectivity index (χ3n) is 2.46. The zero-order valence-electron chi connectivity index (χ0n) is 10.8. The Balaban J connectivity index is 2.25. The summed E-state index contributed by atoms with van der Waals surface area (Å²) < 4.78 is 5.61. The van der Waals surface area contributed by atoms with Gasteiger partial charge in [-0.1, -0.05) is 13.8 Å². The third kappa shape index (κ3) is 3.19. The first-order valence-corrected chi connectivity index (χ1v) is 5.91. The molecule has 0 aliphatic rings. The van der Waals surface area contributed by atoms with Gasteiger partial charge in [0.15, 0.2) is 0 Å². The van der Waals surface area contributed by atoms with E-state index in [-0.39, 0.29) is 5.92 Å². The van der Waals surface area contributed by atoms with Crippen molar-refractivity contribution in [3.05, 3.63) is 41.7 Å². The van der Waals surface area contributed by atoms with Crippen LogP contribution in [0, 0.1) is 11.3 Å². The van der Waals surface area contributed by atoms with Gasteiger partial charge in [0.05, 0.1) is 11.6 Å². The van der Waals surface area contributed by atoms with E-state index >= 15 is 0 Å². The quantitative estimate of drug-likeness (QED) is 0.910. The van der Waals surface area contributed by atoms with E-state index in [0.29, 0.717) is 28.8 Å². The minimum atomic E-state index is 0.173. The molecule has 0 aliphatic heterocycles. The average Bonchev–Trinajstić information content (AvgIpc) is 2.39. The number of nitrogens with zero attached hydrogens (tertiary/aromatic N) is 3. The van der Waals surface area contributed by atoms with Gasteiger partial charge in [-0.3, -0.25) is 0 Å². The van der Waals surface area contributed by atoms with Gasteiger partial charge in [-0.05, 0) is 24.3 Å². The molecule has 0 radical (unpaired) electrons. The summed E-state index contributed by atoms with van der Waals surface area (Å²) >= 11 is 0. The first-order chi connectivity index (χ1) is 9.08. The lowest BCUT2D eigenvalue weighted by molar-refractivity contribution is 0.457. The summed E-state index contributed by atoms with van der Waals surface area (Å²) in [6.45, 7) is 3.97. The molecule has 2 aromatic rings. The molecule has 2 rings (SSSR count). The number of ether oxygens (including phenoxy) is 1. The molecule has 2 N–H and O–H groups in total. The highest BCUT2D eigenvalue weighted by Crippen LogP contribution is 2.23. The van der Waals surface area contributed by atoms with Crippen molar-refractivity contribution in [3.8, 4) is 17.7 Å². The van der Waals surface area contributed by atoms with Crippen molar-refractivity contribution < 1.29 is 4.74 Å². The Kier molecular flexibility index (Phi) is 3.62. The van der Waals surface area contributed by atoms with Crippen molar-refractivity contribution in [3.63, 3.8) is 0 Å². The predicted molar refractivity (Wildman–Crippen MR) is 71.8 cm³/mol. The van der Waals surface area contributed by atoms with Gasteiger partial charge in [0.2, 0.25) is 5.88 Å². The summed E-state index contributed by atoms with van der Waals surface area (Å²) in [5.41, 5.74) is 6.30.